The summed E-state index contributed by atoms with van der Waals surface area (Å²) < 4.78 is 12.8. The third-order valence-electron chi connectivity index (χ3n) is 1.65. The second kappa shape index (κ2) is 3.37. The third kappa shape index (κ3) is 1.66. The number of hydrogen-bond acceptors (Lipinski definition) is 4. The van der Waals surface area contributed by atoms with Gasteiger partial charge in [-0.25, -0.2) is 9.37 Å². The second-order valence-electron chi connectivity index (χ2n) is 2.72. The van der Waals surface area contributed by atoms with Crippen LogP contribution in [0.1, 0.15) is 0 Å². The Hall–Kier alpha value is -2.04. The number of rotatable bonds is 1. The lowest BCUT2D eigenvalue weighted by Crippen LogP contribution is -1.94. The number of halogens is 1. The average Bonchev–Trinajstić information content (AvgIpc) is 2.18. The van der Waals surface area contributed by atoms with Gasteiger partial charge in [0.1, 0.15) is 11.6 Å². The number of pyridine rings is 1. The van der Waals surface area contributed by atoms with Gasteiger partial charge in [0.05, 0.1) is 24.3 Å². The van der Waals surface area contributed by atoms with Gasteiger partial charge in [0.25, 0.3) is 0 Å². The number of hydrogen-bond donors (Lipinski definition) is 1. The molecule has 0 spiro atoms. The van der Waals surface area contributed by atoms with Crippen LogP contribution in [-0.2, 0) is 0 Å². The zero-order valence-corrected chi connectivity index (χ0v) is 7.18. The zero-order chi connectivity index (χ0) is 9.97. The molecule has 14 heavy (non-hydrogen) atoms. The first kappa shape index (κ1) is 8.55. The second-order valence-corrected chi connectivity index (χ2v) is 2.72. The Bertz CT molecular complexity index is 415. The molecule has 0 fully saturated rings. The standard InChI is InChI=1S/C9H7FN4/c10-7-1-6(2-12-3-7)8-4-13-5-9(11)14-8/h1-5H,(H2,11,14). The Morgan fingerprint density at radius 2 is 1.86 bits per heavy atom. The maximum Gasteiger partial charge on any atom is 0.142 e. The molecule has 4 nitrogen and oxygen atoms in total. The van der Waals surface area contributed by atoms with E-state index in [0.717, 1.165) is 6.20 Å². The van der Waals surface area contributed by atoms with Crippen molar-refractivity contribution in [2.45, 2.75) is 0 Å². The SMILES string of the molecule is Nc1cncc(-c2cncc(F)c2)n1. The maximum absolute atomic E-state index is 12.8. The molecule has 0 atom stereocenters. The van der Waals surface area contributed by atoms with Crippen molar-refractivity contribution in [3.05, 3.63) is 36.7 Å². The first-order valence-electron chi connectivity index (χ1n) is 3.94. The molecule has 0 aliphatic carbocycles. The lowest BCUT2D eigenvalue weighted by molar-refractivity contribution is 0.622. The van der Waals surface area contributed by atoms with Crippen molar-refractivity contribution >= 4 is 5.82 Å². The molecule has 2 rings (SSSR count). The van der Waals surface area contributed by atoms with Gasteiger partial charge in [0.15, 0.2) is 0 Å². The van der Waals surface area contributed by atoms with Gasteiger partial charge in [-0.05, 0) is 6.07 Å². The fourth-order valence-electron chi connectivity index (χ4n) is 1.07. The summed E-state index contributed by atoms with van der Waals surface area (Å²) in [6.07, 6.45) is 5.57. The van der Waals surface area contributed by atoms with Crippen LogP contribution in [0.4, 0.5) is 10.2 Å². The zero-order valence-electron chi connectivity index (χ0n) is 7.18. The summed E-state index contributed by atoms with van der Waals surface area (Å²) in [6, 6.07) is 1.33. The van der Waals surface area contributed by atoms with E-state index in [4.69, 9.17) is 5.73 Å². The topological polar surface area (TPSA) is 64.7 Å². The first-order chi connectivity index (χ1) is 6.75. The number of nitrogens with zero attached hydrogens (tertiary/aromatic N) is 3. The first-order valence-corrected chi connectivity index (χ1v) is 3.94. The van der Waals surface area contributed by atoms with Gasteiger partial charge in [-0.2, -0.15) is 0 Å². The van der Waals surface area contributed by atoms with Crippen LogP contribution in [0.5, 0.6) is 0 Å². The van der Waals surface area contributed by atoms with E-state index in [-0.39, 0.29) is 0 Å². The molecule has 0 bridgehead atoms. The molecule has 2 N–H and O–H groups in total. The van der Waals surface area contributed by atoms with Crippen LogP contribution in [0.25, 0.3) is 11.3 Å². The average molecular weight is 190 g/mol. The van der Waals surface area contributed by atoms with Gasteiger partial charge in [0, 0.05) is 11.8 Å². The van der Waals surface area contributed by atoms with Crippen LogP contribution in [-0.4, -0.2) is 15.0 Å². The van der Waals surface area contributed by atoms with Crippen LogP contribution < -0.4 is 5.73 Å². The third-order valence-corrected chi connectivity index (χ3v) is 1.65. The molecule has 2 heterocycles. The molecule has 0 saturated heterocycles. The van der Waals surface area contributed by atoms with Crippen molar-refractivity contribution in [3.8, 4) is 11.3 Å². The molecule has 2 aromatic heterocycles. The van der Waals surface area contributed by atoms with E-state index in [1.807, 2.05) is 0 Å². The summed E-state index contributed by atoms with van der Waals surface area (Å²) in [7, 11) is 0. The van der Waals surface area contributed by atoms with Crippen molar-refractivity contribution < 1.29 is 4.39 Å². The van der Waals surface area contributed by atoms with Crippen LogP contribution >= 0.6 is 0 Å². The largest absolute Gasteiger partial charge is 0.382 e. The van der Waals surface area contributed by atoms with Gasteiger partial charge < -0.3 is 5.73 Å². The molecule has 0 aliphatic heterocycles. The molecule has 5 heteroatoms. The molecule has 0 amide bonds. The molecule has 2 aromatic rings. The van der Waals surface area contributed by atoms with E-state index in [2.05, 4.69) is 15.0 Å². The fraction of sp³-hybridized carbons (Fsp3) is 0. The Kier molecular flexibility index (Phi) is 2.06. The van der Waals surface area contributed by atoms with Gasteiger partial charge in [-0.15, -0.1) is 0 Å². The van der Waals surface area contributed by atoms with Crippen LogP contribution in [0.2, 0.25) is 0 Å². The Labute approximate surface area is 79.7 Å². The summed E-state index contributed by atoms with van der Waals surface area (Å²) in [5, 5.41) is 0. The van der Waals surface area contributed by atoms with Gasteiger partial charge in [0.2, 0.25) is 0 Å². The van der Waals surface area contributed by atoms with E-state index in [1.165, 1.54) is 24.7 Å². The van der Waals surface area contributed by atoms with E-state index in [1.54, 1.807) is 0 Å². The van der Waals surface area contributed by atoms with Crippen molar-refractivity contribution in [2.75, 3.05) is 5.73 Å². The molecule has 0 radical (unpaired) electrons. The van der Waals surface area contributed by atoms with Crippen LogP contribution in [0.3, 0.4) is 0 Å². The van der Waals surface area contributed by atoms with Gasteiger partial charge in [-0.3, -0.25) is 9.97 Å². The summed E-state index contributed by atoms with van der Waals surface area (Å²) in [5.41, 5.74) is 6.52. The molecule has 0 aromatic carbocycles. The van der Waals surface area contributed by atoms with Crippen molar-refractivity contribution in [3.63, 3.8) is 0 Å². The Morgan fingerprint density at radius 1 is 1.07 bits per heavy atom. The monoisotopic (exact) mass is 190 g/mol. The predicted octanol–water partition coefficient (Wildman–Crippen LogP) is 1.26. The van der Waals surface area contributed by atoms with Crippen LogP contribution in [0, 0.1) is 5.82 Å². The number of anilines is 1. The minimum Gasteiger partial charge on any atom is -0.382 e. The molecule has 70 valence electrons. The quantitative estimate of drug-likeness (QED) is 0.735. The molecule has 0 unspecified atom stereocenters. The Morgan fingerprint density at radius 3 is 2.57 bits per heavy atom. The van der Waals surface area contributed by atoms with E-state index >= 15 is 0 Å². The van der Waals surface area contributed by atoms with Crippen molar-refractivity contribution in [1.82, 2.24) is 15.0 Å². The number of nitrogens with two attached hydrogens (primary N) is 1. The minimum absolute atomic E-state index is 0.298. The van der Waals surface area contributed by atoms with Crippen LogP contribution in [0.15, 0.2) is 30.9 Å². The summed E-state index contributed by atoms with van der Waals surface area (Å²) >= 11 is 0. The highest BCUT2D eigenvalue weighted by atomic mass is 19.1. The molecular formula is C9H7FN4. The highest BCUT2D eigenvalue weighted by Gasteiger charge is 2.01. The van der Waals surface area contributed by atoms with E-state index in [0.29, 0.717) is 17.1 Å². The normalized spacial score (nSPS) is 10.1. The van der Waals surface area contributed by atoms with Crippen molar-refractivity contribution in [1.29, 1.82) is 0 Å². The fourth-order valence-corrected chi connectivity index (χ4v) is 1.07. The number of aromatic nitrogens is 3. The maximum atomic E-state index is 12.8. The lowest BCUT2D eigenvalue weighted by atomic mass is 10.2. The summed E-state index contributed by atoms with van der Waals surface area (Å²) in [4.78, 5) is 11.6. The lowest BCUT2D eigenvalue weighted by Gasteiger charge is -1.99. The minimum atomic E-state index is -0.410. The molecule has 0 aliphatic rings. The van der Waals surface area contributed by atoms with E-state index < -0.39 is 5.82 Å². The highest BCUT2D eigenvalue weighted by molar-refractivity contribution is 5.57. The van der Waals surface area contributed by atoms with Crippen molar-refractivity contribution in [2.24, 2.45) is 0 Å². The van der Waals surface area contributed by atoms with E-state index in [9.17, 15) is 4.39 Å². The van der Waals surface area contributed by atoms with Gasteiger partial charge in [-0.1, -0.05) is 0 Å². The molecular weight excluding hydrogens is 183 g/mol. The summed E-state index contributed by atoms with van der Waals surface area (Å²) in [5.74, 6) is -0.113. The smallest absolute Gasteiger partial charge is 0.142 e. The Balaban J connectivity index is 2.49. The number of nitrogen functional groups attached to an aromatic ring is 1. The summed E-state index contributed by atoms with van der Waals surface area (Å²) in [6.45, 7) is 0. The molecule has 0 saturated carbocycles. The predicted molar refractivity (Wildman–Crippen MR) is 49.6 cm³/mol. The van der Waals surface area contributed by atoms with Gasteiger partial charge >= 0.3 is 0 Å². The highest BCUT2D eigenvalue weighted by Crippen LogP contribution is 2.15.